The molecule has 0 aliphatic carbocycles. The maximum absolute atomic E-state index is 12.7. The second-order valence-electron chi connectivity index (χ2n) is 7.46. The van der Waals surface area contributed by atoms with Gasteiger partial charge in [0.15, 0.2) is 5.13 Å². The number of alkyl halides is 2. The van der Waals surface area contributed by atoms with E-state index < -0.39 is 6.61 Å². The number of carbonyl (C=O) groups excluding carboxylic acids is 2. The van der Waals surface area contributed by atoms with Crippen LogP contribution in [-0.2, 0) is 4.79 Å². The summed E-state index contributed by atoms with van der Waals surface area (Å²) >= 11 is 1.21. The van der Waals surface area contributed by atoms with Gasteiger partial charge in [-0.05, 0) is 37.1 Å². The maximum Gasteiger partial charge on any atom is 0.387 e. The van der Waals surface area contributed by atoms with E-state index in [0.29, 0.717) is 42.3 Å². The van der Waals surface area contributed by atoms with Crippen LogP contribution in [-0.4, -0.2) is 41.5 Å². The van der Waals surface area contributed by atoms with Gasteiger partial charge in [-0.2, -0.15) is 8.78 Å². The largest absolute Gasteiger partial charge is 0.434 e. The van der Waals surface area contributed by atoms with Gasteiger partial charge in [-0.1, -0.05) is 30.3 Å². The highest BCUT2D eigenvalue weighted by atomic mass is 32.1. The zero-order chi connectivity index (χ0) is 23.2. The molecule has 0 bridgehead atoms. The van der Waals surface area contributed by atoms with Gasteiger partial charge >= 0.3 is 12.6 Å². The van der Waals surface area contributed by atoms with Crippen LogP contribution in [0, 0.1) is 5.92 Å². The zero-order valence-electron chi connectivity index (χ0n) is 17.5. The fraction of sp³-hybridized carbons (Fsp3) is 0.261. The molecular weight excluding hydrogens is 450 g/mol. The van der Waals surface area contributed by atoms with E-state index >= 15 is 0 Å². The van der Waals surface area contributed by atoms with Crippen LogP contribution < -0.4 is 15.4 Å². The smallest absolute Gasteiger partial charge is 0.387 e. The van der Waals surface area contributed by atoms with Crippen molar-refractivity contribution >= 4 is 34.1 Å². The molecule has 3 amide bonds. The number of carbonyl (C=O) groups is 2. The summed E-state index contributed by atoms with van der Waals surface area (Å²) < 4.78 is 29.9. The van der Waals surface area contributed by atoms with Crippen molar-refractivity contribution in [2.24, 2.45) is 5.92 Å². The predicted octanol–water partition coefficient (Wildman–Crippen LogP) is 5.29. The van der Waals surface area contributed by atoms with Crippen molar-refractivity contribution in [1.82, 2.24) is 9.88 Å². The quantitative estimate of drug-likeness (QED) is 0.510. The van der Waals surface area contributed by atoms with Crippen molar-refractivity contribution in [1.29, 1.82) is 0 Å². The van der Waals surface area contributed by atoms with E-state index in [4.69, 9.17) is 0 Å². The Kier molecular flexibility index (Phi) is 7.13. The molecule has 2 heterocycles. The minimum Gasteiger partial charge on any atom is -0.434 e. The van der Waals surface area contributed by atoms with Crippen LogP contribution >= 0.6 is 11.3 Å². The number of ether oxygens (including phenoxy) is 1. The Labute approximate surface area is 193 Å². The predicted molar refractivity (Wildman–Crippen MR) is 123 cm³/mol. The second kappa shape index (κ2) is 10.4. The van der Waals surface area contributed by atoms with Crippen LogP contribution in [0.1, 0.15) is 12.8 Å². The molecule has 2 N–H and O–H groups in total. The molecule has 1 aliphatic heterocycles. The summed E-state index contributed by atoms with van der Waals surface area (Å²) in [4.78, 5) is 31.2. The topological polar surface area (TPSA) is 83.6 Å². The lowest BCUT2D eigenvalue weighted by Crippen LogP contribution is -2.43. The molecule has 3 aromatic rings. The number of benzene rings is 2. The first-order chi connectivity index (χ1) is 16.0. The lowest BCUT2D eigenvalue weighted by Gasteiger charge is -2.31. The van der Waals surface area contributed by atoms with Crippen LogP contribution in [0.3, 0.4) is 0 Å². The van der Waals surface area contributed by atoms with E-state index in [1.54, 1.807) is 28.5 Å². The molecule has 33 heavy (non-hydrogen) atoms. The first-order valence-electron chi connectivity index (χ1n) is 10.4. The van der Waals surface area contributed by atoms with E-state index in [2.05, 4.69) is 20.4 Å². The van der Waals surface area contributed by atoms with Gasteiger partial charge in [0.1, 0.15) is 5.75 Å². The fourth-order valence-corrected chi connectivity index (χ4v) is 4.32. The Hall–Kier alpha value is -3.53. The van der Waals surface area contributed by atoms with Gasteiger partial charge in [0.05, 0.1) is 5.69 Å². The van der Waals surface area contributed by atoms with E-state index in [-0.39, 0.29) is 23.6 Å². The number of nitrogens with zero attached hydrogens (tertiary/aromatic N) is 2. The molecule has 1 fully saturated rings. The lowest BCUT2D eigenvalue weighted by molar-refractivity contribution is -0.121. The summed E-state index contributed by atoms with van der Waals surface area (Å²) in [6, 6.07) is 15.4. The van der Waals surface area contributed by atoms with Gasteiger partial charge in [-0.25, -0.2) is 9.78 Å². The minimum atomic E-state index is -2.94. The fourth-order valence-electron chi connectivity index (χ4n) is 3.61. The molecule has 4 rings (SSSR count). The number of nitrogens with one attached hydrogen (secondary N) is 2. The Balaban J connectivity index is 1.31. The van der Waals surface area contributed by atoms with Crippen LogP contribution in [0.2, 0.25) is 0 Å². The van der Waals surface area contributed by atoms with Crippen molar-refractivity contribution in [2.45, 2.75) is 19.5 Å². The summed E-state index contributed by atoms with van der Waals surface area (Å²) in [5.74, 6) is -0.388. The number of hydrogen-bond acceptors (Lipinski definition) is 5. The molecule has 0 spiro atoms. The summed E-state index contributed by atoms with van der Waals surface area (Å²) in [5, 5.41) is 7.72. The van der Waals surface area contributed by atoms with Crippen LogP contribution in [0.15, 0.2) is 60.0 Å². The Morgan fingerprint density at radius 2 is 1.73 bits per heavy atom. The Morgan fingerprint density at radius 1 is 1.03 bits per heavy atom. The number of thiazole rings is 1. The van der Waals surface area contributed by atoms with Crippen molar-refractivity contribution < 1.29 is 23.1 Å². The highest BCUT2D eigenvalue weighted by molar-refractivity contribution is 7.14. The van der Waals surface area contributed by atoms with E-state index in [0.717, 1.165) is 5.69 Å². The number of aromatic nitrogens is 1. The van der Waals surface area contributed by atoms with Crippen molar-refractivity contribution in [3.05, 3.63) is 60.0 Å². The van der Waals surface area contributed by atoms with E-state index in [1.807, 2.05) is 30.3 Å². The van der Waals surface area contributed by atoms with Gasteiger partial charge in [0.25, 0.3) is 0 Å². The summed E-state index contributed by atoms with van der Waals surface area (Å²) in [7, 11) is 0. The molecule has 1 aromatic heterocycles. The molecule has 0 atom stereocenters. The molecular formula is C23H22F2N4O3S. The van der Waals surface area contributed by atoms with Crippen LogP contribution in [0.25, 0.3) is 11.3 Å². The summed E-state index contributed by atoms with van der Waals surface area (Å²) in [5.41, 5.74) is 1.59. The first kappa shape index (κ1) is 22.7. The third-order valence-electron chi connectivity index (χ3n) is 5.29. The third kappa shape index (κ3) is 5.83. The van der Waals surface area contributed by atoms with Gasteiger partial charge in [-0.15, -0.1) is 11.3 Å². The number of rotatable bonds is 6. The normalized spacial score (nSPS) is 14.2. The molecule has 7 nitrogen and oxygen atoms in total. The molecule has 2 aromatic carbocycles. The number of hydrogen-bond donors (Lipinski definition) is 2. The van der Waals surface area contributed by atoms with Crippen LogP contribution in [0.4, 0.5) is 24.4 Å². The first-order valence-corrected chi connectivity index (χ1v) is 11.3. The highest BCUT2D eigenvalue weighted by Crippen LogP contribution is 2.33. The number of piperidine rings is 1. The zero-order valence-corrected chi connectivity index (χ0v) is 18.4. The number of halogens is 2. The monoisotopic (exact) mass is 472 g/mol. The van der Waals surface area contributed by atoms with Gasteiger partial charge < -0.3 is 20.3 Å². The summed E-state index contributed by atoms with van der Waals surface area (Å²) in [6.07, 6.45) is 1.08. The number of amides is 3. The average Bonchev–Trinajstić information content (AvgIpc) is 3.28. The van der Waals surface area contributed by atoms with Crippen molar-refractivity contribution in [3.63, 3.8) is 0 Å². The van der Waals surface area contributed by atoms with Crippen molar-refractivity contribution in [3.8, 4) is 17.0 Å². The minimum absolute atomic E-state index is 0.0248. The average molecular weight is 473 g/mol. The van der Waals surface area contributed by atoms with Gasteiger partial charge in [0.2, 0.25) is 5.91 Å². The lowest BCUT2D eigenvalue weighted by atomic mass is 9.96. The molecule has 0 radical (unpaired) electrons. The second-order valence-corrected chi connectivity index (χ2v) is 8.32. The van der Waals surface area contributed by atoms with E-state index in [1.165, 1.54) is 17.4 Å². The Morgan fingerprint density at radius 3 is 2.45 bits per heavy atom. The Bertz CT molecular complexity index is 1100. The molecule has 10 heteroatoms. The number of para-hydroxylation sites is 2. The van der Waals surface area contributed by atoms with Gasteiger partial charge in [-0.3, -0.25) is 4.79 Å². The molecule has 1 aliphatic rings. The van der Waals surface area contributed by atoms with Gasteiger partial charge in [0, 0.05) is 35.6 Å². The number of anilines is 2. The number of urea groups is 1. The van der Waals surface area contributed by atoms with Crippen molar-refractivity contribution in [2.75, 3.05) is 23.7 Å². The number of likely N-dealkylation sites (tertiary alicyclic amines) is 1. The molecule has 0 saturated carbocycles. The molecule has 172 valence electrons. The molecule has 0 unspecified atom stereocenters. The maximum atomic E-state index is 12.7. The van der Waals surface area contributed by atoms with E-state index in [9.17, 15) is 18.4 Å². The molecule has 1 saturated heterocycles. The highest BCUT2D eigenvalue weighted by Gasteiger charge is 2.28. The summed E-state index contributed by atoms with van der Waals surface area (Å²) in [6.45, 7) is -2.00. The standard InChI is InChI=1S/C23H22F2N4O3S/c24-21(25)32-19-9-5-4-8-17(19)18-14-33-22(27-18)28-20(30)15-10-12-29(13-11-15)23(31)26-16-6-2-1-3-7-16/h1-9,14-15,21H,10-13H2,(H,26,31)(H,27,28,30). The van der Waals surface area contributed by atoms with Crippen LogP contribution in [0.5, 0.6) is 5.75 Å². The SMILES string of the molecule is O=C(Nc1nc(-c2ccccc2OC(F)F)cs1)C1CCN(C(=O)Nc2ccccc2)CC1. The third-order valence-corrected chi connectivity index (χ3v) is 6.05.